The fraction of sp³-hybridized carbons (Fsp3) is 1.00. The van der Waals surface area contributed by atoms with Crippen LogP contribution in [-0.2, 0) is 0 Å². The molecule has 98 valence electrons. The van der Waals surface area contributed by atoms with E-state index >= 15 is 0 Å². The molecule has 16 heavy (non-hydrogen) atoms. The van der Waals surface area contributed by atoms with Crippen molar-refractivity contribution in [2.45, 2.75) is 65.2 Å². The van der Waals surface area contributed by atoms with Crippen molar-refractivity contribution in [3.63, 3.8) is 0 Å². The second-order valence-corrected chi connectivity index (χ2v) is 5.17. The van der Waals surface area contributed by atoms with E-state index in [-0.39, 0.29) is 0 Å². The van der Waals surface area contributed by atoms with Gasteiger partial charge in [-0.25, -0.2) is 0 Å². The molecule has 0 saturated carbocycles. The minimum Gasteiger partial charge on any atom is -0.396 e. The molecule has 0 fully saturated rings. The Kier molecular flexibility index (Phi) is 11.3. The predicted molar refractivity (Wildman–Crippen MR) is 69.4 cm³/mol. The lowest BCUT2D eigenvalue weighted by Crippen LogP contribution is -2.13. The van der Waals surface area contributed by atoms with E-state index in [2.05, 4.69) is 13.8 Å². The van der Waals surface area contributed by atoms with E-state index in [4.69, 9.17) is 5.11 Å². The van der Waals surface area contributed by atoms with Crippen LogP contribution >= 0.6 is 0 Å². The van der Waals surface area contributed by atoms with Crippen LogP contribution in [0.15, 0.2) is 0 Å². The van der Waals surface area contributed by atoms with E-state index in [0.29, 0.717) is 25.0 Å². The Morgan fingerprint density at radius 3 is 1.69 bits per heavy atom. The molecule has 2 N–H and O–H groups in total. The highest BCUT2D eigenvalue weighted by atomic mass is 16.3. The molecule has 0 saturated heterocycles. The summed E-state index contributed by atoms with van der Waals surface area (Å²) in [4.78, 5) is 0. The second kappa shape index (κ2) is 11.4. The molecule has 0 aromatic carbocycles. The van der Waals surface area contributed by atoms with Crippen LogP contribution in [0.4, 0.5) is 0 Å². The lowest BCUT2D eigenvalue weighted by Gasteiger charge is -2.17. The SMILES string of the molecule is CC(C)C(CO)CCCCCCCCCO. The number of rotatable bonds is 11. The van der Waals surface area contributed by atoms with Crippen molar-refractivity contribution >= 4 is 0 Å². The summed E-state index contributed by atoms with van der Waals surface area (Å²) >= 11 is 0. The van der Waals surface area contributed by atoms with Crippen molar-refractivity contribution in [2.75, 3.05) is 13.2 Å². The van der Waals surface area contributed by atoms with Crippen LogP contribution in [0.5, 0.6) is 0 Å². The molecule has 0 aromatic rings. The highest BCUT2D eigenvalue weighted by Gasteiger charge is 2.10. The molecule has 0 radical (unpaired) electrons. The first-order valence-electron chi connectivity index (χ1n) is 6.94. The second-order valence-electron chi connectivity index (χ2n) is 5.17. The monoisotopic (exact) mass is 230 g/mol. The average molecular weight is 230 g/mol. The van der Waals surface area contributed by atoms with Gasteiger partial charge < -0.3 is 10.2 Å². The number of aliphatic hydroxyl groups excluding tert-OH is 2. The highest BCUT2D eigenvalue weighted by Crippen LogP contribution is 2.18. The molecule has 0 spiro atoms. The van der Waals surface area contributed by atoms with Crippen molar-refractivity contribution in [2.24, 2.45) is 11.8 Å². The van der Waals surface area contributed by atoms with Gasteiger partial charge in [-0.15, -0.1) is 0 Å². The van der Waals surface area contributed by atoms with Crippen LogP contribution in [0, 0.1) is 11.8 Å². The summed E-state index contributed by atoms with van der Waals surface area (Å²) in [6.07, 6.45) is 9.71. The van der Waals surface area contributed by atoms with Crippen LogP contribution in [0.1, 0.15) is 65.2 Å². The minimum atomic E-state index is 0.340. The van der Waals surface area contributed by atoms with E-state index in [1.807, 2.05) is 0 Å². The summed E-state index contributed by atoms with van der Waals surface area (Å²) in [7, 11) is 0. The molecule has 1 atom stereocenters. The Balaban J connectivity index is 3.19. The minimum absolute atomic E-state index is 0.340. The number of unbranched alkanes of at least 4 members (excludes halogenated alkanes) is 6. The number of aliphatic hydroxyl groups is 2. The van der Waals surface area contributed by atoms with Gasteiger partial charge in [-0.05, 0) is 24.7 Å². The predicted octanol–water partition coefficient (Wildman–Crippen LogP) is 3.36. The third-order valence-corrected chi connectivity index (χ3v) is 3.41. The quantitative estimate of drug-likeness (QED) is 0.534. The molecule has 0 heterocycles. The first-order valence-corrected chi connectivity index (χ1v) is 6.94. The fourth-order valence-electron chi connectivity index (χ4n) is 2.04. The van der Waals surface area contributed by atoms with Gasteiger partial charge in [0.1, 0.15) is 0 Å². The van der Waals surface area contributed by atoms with Gasteiger partial charge >= 0.3 is 0 Å². The standard InChI is InChI=1S/C14H30O2/c1-13(2)14(12-16)10-8-6-4-3-5-7-9-11-15/h13-16H,3-12H2,1-2H3. The Bertz CT molecular complexity index is 135. The molecule has 0 rings (SSSR count). The summed E-state index contributed by atoms with van der Waals surface area (Å²) < 4.78 is 0. The lowest BCUT2D eigenvalue weighted by molar-refractivity contribution is 0.178. The molecule has 0 aliphatic carbocycles. The Morgan fingerprint density at radius 1 is 0.750 bits per heavy atom. The molecule has 0 amide bonds. The van der Waals surface area contributed by atoms with Crippen LogP contribution in [0.3, 0.4) is 0 Å². The highest BCUT2D eigenvalue weighted by molar-refractivity contribution is 4.61. The lowest BCUT2D eigenvalue weighted by atomic mass is 9.91. The average Bonchev–Trinajstić information content (AvgIpc) is 2.26. The first kappa shape index (κ1) is 15.9. The molecule has 2 nitrogen and oxygen atoms in total. The van der Waals surface area contributed by atoms with Crippen molar-refractivity contribution in [1.82, 2.24) is 0 Å². The molecular formula is C14H30O2. The van der Waals surface area contributed by atoms with Gasteiger partial charge in [-0.1, -0.05) is 52.4 Å². The van der Waals surface area contributed by atoms with Gasteiger partial charge in [0.05, 0.1) is 0 Å². The van der Waals surface area contributed by atoms with Gasteiger partial charge in [0.2, 0.25) is 0 Å². The van der Waals surface area contributed by atoms with Crippen LogP contribution in [0.2, 0.25) is 0 Å². The third-order valence-electron chi connectivity index (χ3n) is 3.41. The van der Waals surface area contributed by atoms with E-state index in [1.54, 1.807) is 0 Å². The molecule has 2 heteroatoms. The van der Waals surface area contributed by atoms with E-state index in [0.717, 1.165) is 6.42 Å². The zero-order valence-electron chi connectivity index (χ0n) is 11.1. The topological polar surface area (TPSA) is 40.5 Å². The van der Waals surface area contributed by atoms with Crippen LogP contribution < -0.4 is 0 Å². The van der Waals surface area contributed by atoms with E-state index in [9.17, 15) is 5.11 Å². The van der Waals surface area contributed by atoms with E-state index in [1.165, 1.54) is 44.9 Å². The fourth-order valence-corrected chi connectivity index (χ4v) is 2.04. The maximum Gasteiger partial charge on any atom is 0.0461 e. The van der Waals surface area contributed by atoms with Gasteiger partial charge in [-0.2, -0.15) is 0 Å². The first-order chi connectivity index (χ1) is 7.72. The van der Waals surface area contributed by atoms with Crippen molar-refractivity contribution in [3.05, 3.63) is 0 Å². The summed E-state index contributed by atoms with van der Waals surface area (Å²) in [5, 5.41) is 17.8. The van der Waals surface area contributed by atoms with Crippen LogP contribution in [0.25, 0.3) is 0 Å². The van der Waals surface area contributed by atoms with Gasteiger partial charge in [0, 0.05) is 13.2 Å². The maximum atomic E-state index is 9.17. The largest absolute Gasteiger partial charge is 0.396 e. The normalized spacial score (nSPS) is 13.3. The van der Waals surface area contributed by atoms with Gasteiger partial charge in [0.15, 0.2) is 0 Å². The Hall–Kier alpha value is -0.0800. The maximum absolute atomic E-state index is 9.17. The number of hydrogen-bond acceptors (Lipinski definition) is 2. The van der Waals surface area contributed by atoms with Crippen molar-refractivity contribution in [1.29, 1.82) is 0 Å². The summed E-state index contributed by atoms with van der Waals surface area (Å²) in [6, 6.07) is 0. The Labute approximate surface area is 101 Å². The van der Waals surface area contributed by atoms with Crippen LogP contribution in [-0.4, -0.2) is 23.4 Å². The zero-order valence-corrected chi connectivity index (χ0v) is 11.1. The van der Waals surface area contributed by atoms with Gasteiger partial charge in [0.25, 0.3) is 0 Å². The van der Waals surface area contributed by atoms with E-state index < -0.39 is 0 Å². The molecule has 0 aliphatic rings. The molecule has 0 aromatic heterocycles. The summed E-state index contributed by atoms with van der Waals surface area (Å²) in [5.74, 6) is 1.10. The molecular weight excluding hydrogens is 200 g/mol. The Morgan fingerprint density at radius 2 is 1.25 bits per heavy atom. The van der Waals surface area contributed by atoms with Gasteiger partial charge in [-0.3, -0.25) is 0 Å². The zero-order chi connectivity index (χ0) is 12.2. The molecule has 0 bridgehead atoms. The van der Waals surface area contributed by atoms with Crippen molar-refractivity contribution < 1.29 is 10.2 Å². The molecule has 0 aliphatic heterocycles. The summed E-state index contributed by atoms with van der Waals surface area (Å²) in [5.41, 5.74) is 0. The smallest absolute Gasteiger partial charge is 0.0461 e. The molecule has 1 unspecified atom stereocenters. The number of hydrogen-bond donors (Lipinski definition) is 2. The van der Waals surface area contributed by atoms with Crippen molar-refractivity contribution in [3.8, 4) is 0 Å². The third kappa shape index (κ3) is 9.17. The summed E-state index contributed by atoms with van der Waals surface area (Å²) in [6.45, 7) is 5.06.